The maximum atomic E-state index is 14.7. The zero-order chi connectivity index (χ0) is 26.6. The zero-order valence-corrected chi connectivity index (χ0v) is 20.6. The van der Waals surface area contributed by atoms with E-state index in [4.69, 9.17) is 4.74 Å². The predicted octanol–water partition coefficient (Wildman–Crippen LogP) is 5.17. The third kappa shape index (κ3) is 5.81. The molecule has 1 saturated heterocycles. The highest BCUT2D eigenvalue weighted by molar-refractivity contribution is 6.00. The molecule has 1 aliphatic rings. The summed E-state index contributed by atoms with van der Waals surface area (Å²) in [6, 6.07) is 15.8. The van der Waals surface area contributed by atoms with E-state index in [9.17, 15) is 19.1 Å². The summed E-state index contributed by atoms with van der Waals surface area (Å²) in [6.45, 7) is 2.75. The van der Waals surface area contributed by atoms with Crippen LogP contribution in [0.5, 0.6) is 11.5 Å². The number of rotatable bonds is 6. The van der Waals surface area contributed by atoms with Crippen LogP contribution in [-0.2, 0) is 0 Å². The standard InChI is InChI=1S/C28H26FN5O4/c1-17-3-2-4-19(11-17)32-28(37)33-24-6-5-21(13-23(24)29)38-22-7-9-30-26(14-22)25-12-18(15-31-25)27(36)34-10-8-20(35)16-34/h2-7,9,11-15,20,31,35H,8,10,16H2,1H3,(H2,32,33,37)/t20-/m1/s1. The number of urea groups is 1. The van der Waals surface area contributed by atoms with Gasteiger partial charge in [-0.05, 0) is 55.3 Å². The molecule has 0 aliphatic carbocycles. The second kappa shape index (κ2) is 10.7. The lowest BCUT2D eigenvalue weighted by atomic mass is 10.2. The molecule has 4 N–H and O–H groups in total. The molecule has 4 aromatic rings. The van der Waals surface area contributed by atoms with Crippen LogP contribution < -0.4 is 15.4 Å². The third-order valence-corrected chi connectivity index (χ3v) is 6.09. The van der Waals surface area contributed by atoms with Crippen molar-refractivity contribution in [1.82, 2.24) is 14.9 Å². The number of aliphatic hydroxyl groups excluding tert-OH is 1. The van der Waals surface area contributed by atoms with Crippen LogP contribution in [0, 0.1) is 12.7 Å². The van der Waals surface area contributed by atoms with Crippen LogP contribution in [-0.4, -0.2) is 51.1 Å². The molecule has 38 heavy (non-hydrogen) atoms. The van der Waals surface area contributed by atoms with Gasteiger partial charge in [0.05, 0.1) is 28.7 Å². The van der Waals surface area contributed by atoms with E-state index in [0.717, 1.165) is 5.56 Å². The summed E-state index contributed by atoms with van der Waals surface area (Å²) in [5, 5.41) is 14.9. The summed E-state index contributed by atoms with van der Waals surface area (Å²) in [5.74, 6) is -0.166. The van der Waals surface area contributed by atoms with Gasteiger partial charge in [0.2, 0.25) is 0 Å². The van der Waals surface area contributed by atoms with Gasteiger partial charge in [0, 0.05) is 43.3 Å². The number of halogens is 1. The Labute approximate surface area is 218 Å². The molecule has 2 aromatic heterocycles. The first-order chi connectivity index (χ1) is 18.3. The van der Waals surface area contributed by atoms with Crippen molar-refractivity contribution in [3.63, 3.8) is 0 Å². The molecule has 0 unspecified atom stereocenters. The van der Waals surface area contributed by atoms with Crippen molar-refractivity contribution in [3.8, 4) is 22.9 Å². The van der Waals surface area contributed by atoms with Crippen molar-refractivity contribution in [2.45, 2.75) is 19.4 Å². The largest absolute Gasteiger partial charge is 0.457 e. The summed E-state index contributed by atoms with van der Waals surface area (Å²) in [6.07, 6.45) is 3.24. The number of aryl methyl sites for hydroxylation is 1. The zero-order valence-electron chi connectivity index (χ0n) is 20.6. The lowest BCUT2D eigenvalue weighted by molar-refractivity contribution is 0.0765. The number of amides is 3. The first kappa shape index (κ1) is 25.0. The summed E-state index contributed by atoms with van der Waals surface area (Å²) in [7, 11) is 0. The topological polar surface area (TPSA) is 120 Å². The molecular formula is C28H26FN5O4. The molecule has 0 radical (unpaired) electrons. The number of carbonyl (C=O) groups excluding carboxylic acids is 2. The highest BCUT2D eigenvalue weighted by Crippen LogP contribution is 2.28. The molecule has 3 amide bonds. The number of hydrogen-bond donors (Lipinski definition) is 4. The third-order valence-electron chi connectivity index (χ3n) is 6.09. The van der Waals surface area contributed by atoms with Gasteiger partial charge in [-0.15, -0.1) is 0 Å². The van der Waals surface area contributed by atoms with Gasteiger partial charge in [-0.1, -0.05) is 12.1 Å². The van der Waals surface area contributed by atoms with Gasteiger partial charge in [-0.25, -0.2) is 9.18 Å². The van der Waals surface area contributed by atoms with Crippen LogP contribution in [0.2, 0.25) is 0 Å². The number of nitrogens with one attached hydrogen (secondary N) is 3. The highest BCUT2D eigenvalue weighted by Gasteiger charge is 2.26. The van der Waals surface area contributed by atoms with Gasteiger partial charge < -0.3 is 30.4 Å². The molecule has 0 saturated carbocycles. The number of pyridine rings is 1. The van der Waals surface area contributed by atoms with E-state index < -0.39 is 18.0 Å². The summed E-state index contributed by atoms with van der Waals surface area (Å²) >= 11 is 0. The van der Waals surface area contributed by atoms with E-state index in [1.165, 1.54) is 12.1 Å². The quantitative estimate of drug-likeness (QED) is 0.283. The van der Waals surface area contributed by atoms with Crippen LogP contribution >= 0.6 is 0 Å². The smallest absolute Gasteiger partial charge is 0.323 e. The molecule has 0 bridgehead atoms. The number of aliphatic hydroxyl groups is 1. The van der Waals surface area contributed by atoms with E-state index in [1.54, 1.807) is 53.7 Å². The lowest BCUT2D eigenvalue weighted by Crippen LogP contribution is -2.29. The number of anilines is 2. The fourth-order valence-electron chi connectivity index (χ4n) is 4.20. The molecule has 1 atom stereocenters. The van der Waals surface area contributed by atoms with Crippen molar-refractivity contribution in [2.75, 3.05) is 23.7 Å². The van der Waals surface area contributed by atoms with Gasteiger partial charge in [0.25, 0.3) is 5.91 Å². The Morgan fingerprint density at radius 3 is 2.71 bits per heavy atom. The SMILES string of the molecule is Cc1cccc(NC(=O)Nc2ccc(Oc3ccnc(-c4cc(C(=O)N5CC[C@@H](O)C5)c[nH]4)c3)cc2F)c1. The van der Waals surface area contributed by atoms with Crippen LogP contribution in [0.15, 0.2) is 73.1 Å². The fourth-order valence-corrected chi connectivity index (χ4v) is 4.20. The van der Waals surface area contributed by atoms with Crippen molar-refractivity contribution in [3.05, 3.63) is 90.0 Å². The first-order valence-corrected chi connectivity index (χ1v) is 12.1. The number of aromatic amines is 1. The fraction of sp³-hybridized carbons (Fsp3) is 0.179. The molecule has 3 heterocycles. The summed E-state index contributed by atoms with van der Waals surface area (Å²) < 4.78 is 20.5. The molecule has 5 rings (SSSR count). The molecular weight excluding hydrogens is 489 g/mol. The van der Waals surface area contributed by atoms with Gasteiger partial charge in [0.15, 0.2) is 0 Å². The monoisotopic (exact) mass is 515 g/mol. The minimum absolute atomic E-state index is 0.00650. The van der Waals surface area contributed by atoms with E-state index in [0.29, 0.717) is 47.9 Å². The van der Waals surface area contributed by atoms with Crippen LogP contribution in [0.4, 0.5) is 20.6 Å². The number of carbonyl (C=O) groups is 2. The van der Waals surface area contributed by atoms with Gasteiger partial charge in [0.1, 0.15) is 17.3 Å². The highest BCUT2D eigenvalue weighted by atomic mass is 19.1. The average Bonchev–Trinajstić information content (AvgIpc) is 3.55. The van der Waals surface area contributed by atoms with Crippen LogP contribution in [0.3, 0.4) is 0 Å². The number of ether oxygens (including phenoxy) is 1. The van der Waals surface area contributed by atoms with Gasteiger partial charge in [-0.3, -0.25) is 9.78 Å². The minimum Gasteiger partial charge on any atom is -0.457 e. The Morgan fingerprint density at radius 2 is 1.95 bits per heavy atom. The van der Waals surface area contributed by atoms with Gasteiger partial charge >= 0.3 is 6.03 Å². The summed E-state index contributed by atoms with van der Waals surface area (Å²) in [5.41, 5.74) is 3.22. The Hall–Kier alpha value is -4.70. The molecule has 10 heteroatoms. The molecule has 0 spiro atoms. The summed E-state index contributed by atoms with van der Waals surface area (Å²) in [4.78, 5) is 33.9. The molecule has 2 aromatic carbocycles. The second-order valence-electron chi connectivity index (χ2n) is 9.06. The molecule has 9 nitrogen and oxygen atoms in total. The van der Waals surface area contributed by atoms with Crippen molar-refractivity contribution in [2.24, 2.45) is 0 Å². The predicted molar refractivity (Wildman–Crippen MR) is 141 cm³/mol. The minimum atomic E-state index is -0.657. The first-order valence-electron chi connectivity index (χ1n) is 12.1. The number of H-pyrrole nitrogens is 1. The molecule has 1 aliphatic heterocycles. The Morgan fingerprint density at radius 1 is 1.11 bits per heavy atom. The van der Waals surface area contributed by atoms with Crippen molar-refractivity contribution >= 4 is 23.3 Å². The Kier molecular flexibility index (Phi) is 7.05. The van der Waals surface area contributed by atoms with Gasteiger partial charge in [-0.2, -0.15) is 0 Å². The van der Waals surface area contributed by atoms with Crippen molar-refractivity contribution < 1.29 is 23.8 Å². The maximum Gasteiger partial charge on any atom is 0.323 e. The maximum absolute atomic E-state index is 14.7. The van der Waals surface area contributed by atoms with Crippen molar-refractivity contribution in [1.29, 1.82) is 0 Å². The van der Waals surface area contributed by atoms with Crippen LogP contribution in [0.25, 0.3) is 11.4 Å². The lowest BCUT2D eigenvalue weighted by Gasteiger charge is -2.13. The van der Waals surface area contributed by atoms with E-state index in [2.05, 4.69) is 20.6 Å². The van der Waals surface area contributed by atoms with E-state index in [-0.39, 0.29) is 17.3 Å². The average molecular weight is 516 g/mol. The molecule has 194 valence electrons. The number of β-amino-alcohol motifs (C(OH)–C–C–N with tert-alkyl or cyclic N) is 1. The van der Waals surface area contributed by atoms with E-state index >= 15 is 0 Å². The normalized spacial score (nSPS) is 14.8. The number of nitrogens with zero attached hydrogens (tertiary/aromatic N) is 2. The number of benzene rings is 2. The Bertz CT molecular complexity index is 1490. The second-order valence-corrected chi connectivity index (χ2v) is 9.06. The number of hydrogen-bond acceptors (Lipinski definition) is 5. The Balaban J connectivity index is 1.23. The van der Waals surface area contributed by atoms with E-state index in [1.807, 2.05) is 19.1 Å². The number of aromatic nitrogens is 2. The molecule has 1 fully saturated rings. The number of likely N-dealkylation sites (tertiary alicyclic amines) is 1. The van der Waals surface area contributed by atoms with Crippen LogP contribution in [0.1, 0.15) is 22.3 Å².